The number of nitrogens with zero attached hydrogens (tertiary/aromatic N) is 2. The van der Waals surface area contributed by atoms with Gasteiger partial charge in [0.05, 0.1) is 13.7 Å². The van der Waals surface area contributed by atoms with Crippen LogP contribution in [0, 0.1) is 13.8 Å². The molecule has 0 radical (unpaired) electrons. The van der Waals surface area contributed by atoms with E-state index in [-0.39, 0.29) is 12.5 Å². The number of ether oxygens (including phenoxy) is 1. The van der Waals surface area contributed by atoms with Crippen molar-refractivity contribution in [2.75, 3.05) is 50.1 Å². The van der Waals surface area contributed by atoms with Gasteiger partial charge in [0.15, 0.2) is 0 Å². The van der Waals surface area contributed by atoms with Gasteiger partial charge in [-0.25, -0.2) is 4.79 Å². The van der Waals surface area contributed by atoms with E-state index in [4.69, 9.17) is 4.74 Å². The Morgan fingerprint density at radius 3 is 2.34 bits per heavy atom. The number of aryl methyl sites for hydroxylation is 1. The molecule has 7 heteroatoms. The molecule has 3 amide bonds. The Labute approximate surface area is 171 Å². The van der Waals surface area contributed by atoms with Crippen LogP contribution < -0.4 is 20.3 Å². The Morgan fingerprint density at radius 2 is 1.69 bits per heavy atom. The van der Waals surface area contributed by atoms with Gasteiger partial charge in [-0.1, -0.05) is 12.1 Å². The number of piperazine rings is 1. The number of carbonyl (C=O) groups is 2. The highest BCUT2D eigenvalue weighted by Crippen LogP contribution is 2.20. The lowest BCUT2D eigenvalue weighted by Crippen LogP contribution is -2.50. The molecular weight excluding hydrogens is 368 g/mol. The van der Waals surface area contributed by atoms with E-state index < -0.39 is 6.03 Å². The minimum absolute atomic E-state index is 0.205. The van der Waals surface area contributed by atoms with Crippen molar-refractivity contribution in [3.8, 4) is 5.75 Å². The van der Waals surface area contributed by atoms with Crippen LogP contribution in [0.1, 0.15) is 11.1 Å². The minimum atomic E-state index is -0.499. The monoisotopic (exact) mass is 396 g/mol. The van der Waals surface area contributed by atoms with E-state index in [1.165, 1.54) is 0 Å². The first-order valence-electron chi connectivity index (χ1n) is 9.74. The second-order valence-electron chi connectivity index (χ2n) is 7.21. The van der Waals surface area contributed by atoms with Gasteiger partial charge in [-0.2, -0.15) is 0 Å². The molecule has 154 valence electrons. The molecule has 0 aromatic heterocycles. The van der Waals surface area contributed by atoms with Crippen LogP contribution in [0.5, 0.6) is 5.75 Å². The maximum absolute atomic E-state index is 12.2. The van der Waals surface area contributed by atoms with Crippen molar-refractivity contribution in [1.29, 1.82) is 0 Å². The first kappa shape index (κ1) is 20.7. The first-order chi connectivity index (χ1) is 14.0. The first-order valence-corrected chi connectivity index (χ1v) is 9.74. The molecule has 2 aromatic rings. The van der Waals surface area contributed by atoms with Crippen molar-refractivity contribution in [2.24, 2.45) is 0 Å². The van der Waals surface area contributed by atoms with E-state index in [0.717, 1.165) is 48.7 Å². The fourth-order valence-corrected chi connectivity index (χ4v) is 3.37. The highest BCUT2D eigenvalue weighted by atomic mass is 16.5. The van der Waals surface area contributed by atoms with Crippen molar-refractivity contribution in [1.82, 2.24) is 10.2 Å². The van der Waals surface area contributed by atoms with Gasteiger partial charge in [-0.15, -0.1) is 0 Å². The number of imide groups is 1. The molecule has 3 rings (SSSR count). The molecule has 2 aromatic carbocycles. The number of rotatable bonds is 5. The Kier molecular flexibility index (Phi) is 6.72. The zero-order chi connectivity index (χ0) is 20.8. The van der Waals surface area contributed by atoms with Gasteiger partial charge in [-0.3, -0.25) is 15.0 Å². The van der Waals surface area contributed by atoms with Crippen LogP contribution in [0.15, 0.2) is 42.5 Å². The van der Waals surface area contributed by atoms with Gasteiger partial charge in [-0.05, 0) is 55.3 Å². The predicted molar refractivity (Wildman–Crippen MR) is 115 cm³/mol. The van der Waals surface area contributed by atoms with Crippen LogP contribution in [-0.4, -0.2) is 56.7 Å². The largest absolute Gasteiger partial charge is 0.497 e. The Bertz CT molecular complexity index is 859. The molecule has 0 saturated carbocycles. The van der Waals surface area contributed by atoms with E-state index >= 15 is 0 Å². The summed E-state index contributed by atoms with van der Waals surface area (Å²) < 4.78 is 5.19. The van der Waals surface area contributed by atoms with Gasteiger partial charge in [0.25, 0.3) is 0 Å². The van der Waals surface area contributed by atoms with Crippen LogP contribution in [0.2, 0.25) is 0 Å². The maximum Gasteiger partial charge on any atom is 0.325 e. The van der Waals surface area contributed by atoms with E-state index in [1.54, 1.807) is 7.11 Å². The number of carbonyl (C=O) groups excluding carboxylic acids is 2. The average Bonchev–Trinajstić information content (AvgIpc) is 2.72. The Hall–Kier alpha value is -3.06. The minimum Gasteiger partial charge on any atom is -0.497 e. The summed E-state index contributed by atoms with van der Waals surface area (Å²) in [5.74, 6) is 0.536. The number of anilines is 2. The number of hydrogen-bond donors (Lipinski definition) is 2. The maximum atomic E-state index is 12.2. The summed E-state index contributed by atoms with van der Waals surface area (Å²) in [4.78, 5) is 28.7. The smallest absolute Gasteiger partial charge is 0.325 e. The van der Waals surface area contributed by atoms with E-state index in [1.807, 2.05) is 56.3 Å². The molecule has 1 heterocycles. The topological polar surface area (TPSA) is 73.9 Å². The van der Waals surface area contributed by atoms with Crippen LogP contribution in [0.25, 0.3) is 0 Å². The van der Waals surface area contributed by atoms with Crippen molar-refractivity contribution < 1.29 is 14.3 Å². The lowest BCUT2D eigenvalue weighted by Gasteiger charge is -2.35. The Morgan fingerprint density at radius 1 is 1.00 bits per heavy atom. The number of hydrogen-bond acceptors (Lipinski definition) is 5. The third-order valence-corrected chi connectivity index (χ3v) is 5.28. The number of benzene rings is 2. The lowest BCUT2D eigenvalue weighted by molar-refractivity contribution is -0.121. The van der Waals surface area contributed by atoms with Gasteiger partial charge in [0.1, 0.15) is 5.75 Å². The standard InChI is InChI=1S/C22H28N4O3/c1-16-5-4-6-20(17(16)2)23-22(28)24-21(27)15-25-11-13-26(14-12-25)18-7-9-19(29-3)10-8-18/h4-10H,11-15H2,1-3H3,(H2,23,24,27,28). The highest BCUT2D eigenvalue weighted by molar-refractivity contribution is 6.02. The van der Waals surface area contributed by atoms with Crippen LogP contribution in [-0.2, 0) is 4.79 Å². The molecule has 0 bridgehead atoms. The zero-order valence-electron chi connectivity index (χ0n) is 17.2. The molecule has 1 aliphatic rings. The van der Waals surface area contributed by atoms with E-state index in [0.29, 0.717) is 5.69 Å². The van der Waals surface area contributed by atoms with Gasteiger partial charge >= 0.3 is 6.03 Å². The van der Waals surface area contributed by atoms with Gasteiger partial charge < -0.3 is 15.0 Å². The summed E-state index contributed by atoms with van der Waals surface area (Å²) in [5.41, 5.74) is 3.93. The molecule has 0 atom stereocenters. The molecule has 1 aliphatic heterocycles. The SMILES string of the molecule is COc1ccc(N2CCN(CC(=O)NC(=O)Nc3cccc(C)c3C)CC2)cc1. The average molecular weight is 396 g/mol. The van der Waals surface area contributed by atoms with Crippen molar-refractivity contribution in [3.05, 3.63) is 53.6 Å². The molecule has 29 heavy (non-hydrogen) atoms. The second-order valence-corrected chi connectivity index (χ2v) is 7.21. The van der Waals surface area contributed by atoms with Crippen molar-refractivity contribution in [2.45, 2.75) is 13.8 Å². The third-order valence-electron chi connectivity index (χ3n) is 5.28. The van der Waals surface area contributed by atoms with Crippen molar-refractivity contribution in [3.63, 3.8) is 0 Å². The molecule has 0 aliphatic carbocycles. The molecule has 0 spiro atoms. The second kappa shape index (κ2) is 9.43. The van der Waals surface area contributed by atoms with Crippen LogP contribution >= 0.6 is 0 Å². The lowest BCUT2D eigenvalue weighted by atomic mass is 10.1. The molecule has 2 N–H and O–H groups in total. The third kappa shape index (κ3) is 5.48. The fourth-order valence-electron chi connectivity index (χ4n) is 3.37. The Balaban J connectivity index is 1.44. The fraction of sp³-hybridized carbons (Fsp3) is 0.364. The van der Waals surface area contributed by atoms with E-state index in [2.05, 4.69) is 20.4 Å². The summed E-state index contributed by atoms with van der Waals surface area (Å²) in [5, 5.41) is 5.17. The summed E-state index contributed by atoms with van der Waals surface area (Å²) in [6.45, 7) is 7.31. The summed E-state index contributed by atoms with van der Waals surface area (Å²) in [6, 6.07) is 13.2. The molecule has 7 nitrogen and oxygen atoms in total. The highest BCUT2D eigenvalue weighted by Gasteiger charge is 2.20. The molecule has 1 saturated heterocycles. The summed E-state index contributed by atoms with van der Waals surface area (Å²) in [7, 11) is 1.65. The molecule has 1 fully saturated rings. The molecule has 0 unspecified atom stereocenters. The number of urea groups is 1. The zero-order valence-corrected chi connectivity index (χ0v) is 17.2. The predicted octanol–water partition coefficient (Wildman–Crippen LogP) is 2.78. The molecular formula is C22H28N4O3. The summed E-state index contributed by atoms with van der Waals surface area (Å²) in [6.07, 6.45) is 0. The van der Waals surface area contributed by atoms with Gasteiger partial charge in [0.2, 0.25) is 5.91 Å². The normalized spacial score (nSPS) is 14.4. The van der Waals surface area contributed by atoms with Crippen molar-refractivity contribution >= 4 is 23.3 Å². The number of nitrogens with one attached hydrogen (secondary N) is 2. The summed E-state index contributed by atoms with van der Waals surface area (Å²) >= 11 is 0. The number of methoxy groups -OCH3 is 1. The van der Waals surface area contributed by atoms with Crippen LogP contribution in [0.3, 0.4) is 0 Å². The number of amides is 3. The van der Waals surface area contributed by atoms with Gasteiger partial charge in [0, 0.05) is 37.6 Å². The van der Waals surface area contributed by atoms with E-state index in [9.17, 15) is 9.59 Å². The quantitative estimate of drug-likeness (QED) is 0.813. The van der Waals surface area contributed by atoms with Crippen LogP contribution in [0.4, 0.5) is 16.2 Å².